The van der Waals surface area contributed by atoms with Crippen LogP contribution in [0.1, 0.15) is 35.7 Å². The van der Waals surface area contributed by atoms with Crippen LogP contribution in [0.25, 0.3) is 22.4 Å². The molecule has 0 spiro atoms. The van der Waals surface area contributed by atoms with E-state index in [0.717, 1.165) is 52.8 Å². The Balaban J connectivity index is 1.49. The fraction of sp³-hybridized carbons (Fsp3) is 0.200. The number of H-pyrrole nitrogens is 1. The van der Waals surface area contributed by atoms with Crippen LogP contribution in [-0.4, -0.2) is 20.2 Å². The van der Waals surface area contributed by atoms with Crippen molar-refractivity contribution in [1.82, 2.24) is 20.2 Å². The van der Waals surface area contributed by atoms with E-state index in [1.54, 1.807) is 12.4 Å². The van der Waals surface area contributed by atoms with Gasteiger partial charge in [-0.25, -0.2) is 4.98 Å². The van der Waals surface area contributed by atoms with Gasteiger partial charge in [-0.3, -0.25) is 10.1 Å². The van der Waals surface area contributed by atoms with Crippen LogP contribution >= 0.6 is 0 Å². The first-order valence-electron chi connectivity index (χ1n) is 8.84. The largest absolute Gasteiger partial charge is 0.442 e. The Kier molecular flexibility index (Phi) is 3.61. The molecule has 0 fully saturated rings. The number of aromatic nitrogens is 4. The number of hydrogen-bond donors (Lipinski definition) is 2. The molecule has 2 N–H and O–H groups in total. The molecule has 0 aliphatic heterocycles. The van der Waals surface area contributed by atoms with Gasteiger partial charge in [-0.15, -0.1) is 0 Å². The van der Waals surface area contributed by atoms with Crippen LogP contribution in [0, 0.1) is 11.3 Å². The SMILES string of the molecule is N#Cc1cnc2c(c1)CCCC2Nc1ccc2[nH]nc(-c3cnco3)c2c1. The number of anilines is 1. The van der Waals surface area contributed by atoms with Gasteiger partial charge in [0.25, 0.3) is 0 Å². The lowest BCUT2D eigenvalue weighted by Crippen LogP contribution is -2.19. The zero-order chi connectivity index (χ0) is 18.2. The number of nitriles is 1. The molecule has 0 saturated heterocycles. The highest BCUT2D eigenvalue weighted by Gasteiger charge is 2.22. The average Bonchev–Trinajstić information content (AvgIpc) is 3.37. The molecule has 7 heteroatoms. The molecule has 132 valence electrons. The normalized spacial score (nSPS) is 16.0. The maximum absolute atomic E-state index is 9.10. The number of oxazole rings is 1. The number of pyridine rings is 1. The Labute approximate surface area is 155 Å². The molecule has 1 unspecified atom stereocenters. The third-order valence-electron chi connectivity index (χ3n) is 4.97. The van der Waals surface area contributed by atoms with E-state index in [1.807, 2.05) is 18.2 Å². The molecule has 0 radical (unpaired) electrons. The summed E-state index contributed by atoms with van der Waals surface area (Å²) in [7, 11) is 0. The van der Waals surface area contributed by atoms with E-state index in [-0.39, 0.29) is 6.04 Å². The minimum atomic E-state index is 0.125. The molecule has 1 atom stereocenters. The number of nitrogens with one attached hydrogen (secondary N) is 2. The van der Waals surface area contributed by atoms with Crippen molar-refractivity contribution in [1.29, 1.82) is 5.26 Å². The Hall–Kier alpha value is -3.66. The lowest BCUT2D eigenvalue weighted by molar-refractivity contribution is 0.570. The number of fused-ring (bicyclic) bond motifs is 2. The molecule has 3 aromatic heterocycles. The van der Waals surface area contributed by atoms with Crippen LogP contribution in [0.5, 0.6) is 0 Å². The minimum absolute atomic E-state index is 0.125. The van der Waals surface area contributed by atoms with Crippen LogP contribution in [0.15, 0.2) is 47.5 Å². The highest BCUT2D eigenvalue weighted by molar-refractivity contribution is 5.93. The predicted molar refractivity (Wildman–Crippen MR) is 99.8 cm³/mol. The molecule has 3 heterocycles. The molecule has 1 aromatic carbocycles. The monoisotopic (exact) mass is 356 g/mol. The Morgan fingerprint density at radius 1 is 1.26 bits per heavy atom. The van der Waals surface area contributed by atoms with Gasteiger partial charge < -0.3 is 9.73 Å². The van der Waals surface area contributed by atoms with Crippen molar-refractivity contribution in [2.24, 2.45) is 0 Å². The second-order valence-electron chi connectivity index (χ2n) is 6.67. The number of aromatic amines is 1. The summed E-state index contributed by atoms with van der Waals surface area (Å²) in [5.74, 6) is 0.632. The summed E-state index contributed by atoms with van der Waals surface area (Å²) in [5, 5.41) is 21.0. The zero-order valence-corrected chi connectivity index (χ0v) is 14.4. The van der Waals surface area contributed by atoms with E-state index in [2.05, 4.69) is 37.6 Å². The van der Waals surface area contributed by atoms with Crippen LogP contribution in [0.3, 0.4) is 0 Å². The number of rotatable bonds is 3. The van der Waals surface area contributed by atoms with Crippen LogP contribution in [-0.2, 0) is 6.42 Å². The molecule has 5 rings (SSSR count). The zero-order valence-electron chi connectivity index (χ0n) is 14.4. The number of hydrogen-bond acceptors (Lipinski definition) is 6. The topological polar surface area (TPSA) is 103 Å². The fourth-order valence-electron chi connectivity index (χ4n) is 3.70. The van der Waals surface area contributed by atoms with Crippen molar-refractivity contribution in [2.75, 3.05) is 5.32 Å². The summed E-state index contributed by atoms with van der Waals surface area (Å²) in [4.78, 5) is 8.52. The van der Waals surface area contributed by atoms with Gasteiger partial charge in [0.1, 0.15) is 11.8 Å². The van der Waals surface area contributed by atoms with Gasteiger partial charge in [0.05, 0.1) is 29.0 Å². The first-order valence-corrected chi connectivity index (χ1v) is 8.84. The quantitative estimate of drug-likeness (QED) is 0.575. The van der Waals surface area contributed by atoms with E-state index < -0.39 is 0 Å². The lowest BCUT2D eigenvalue weighted by Gasteiger charge is -2.26. The van der Waals surface area contributed by atoms with E-state index in [9.17, 15) is 0 Å². The van der Waals surface area contributed by atoms with E-state index in [0.29, 0.717) is 11.3 Å². The summed E-state index contributed by atoms with van der Waals surface area (Å²) < 4.78 is 5.39. The second-order valence-corrected chi connectivity index (χ2v) is 6.67. The highest BCUT2D eigenvalue weighted by Crippen LogP contribution is 2.33. The fourth-order valence-corrected chi connectivity index (χ4v) is 3.70. The van der Waals surface area contributed by atoms with E-state index in [1.165, 1.54) is 6.39 Å². The summed E-state index contributed by atoms with van der Waals surface area (Å²) >= 11 is 0. The van der Waals surface area contributed by atoms with Crippen molar-refractivity contribution in [3.63, 3.8) is 0 Å². The van der Waals surface area contributed by atoms with Crippen LogP contribution < -0.4 is 5.32 Å². The van der Waals surface area contributed by atoms with Crippen molar-refractivity contribution in [3.8, 4) is 17.5 Å². The molecule has 1 aliphatic rings. The van der Waals surface area contributed by atoms with Gasteiger partial charge in [-0.05, 0) is 49.1 Å². The molecule has 27 heavy (non-hydrogen) atoms. The molecule has 4 aromatic rings. The third kappa shape index (κ3) is 2.72. The minimum Gasteiger partial charge on any atom is -0.442 e. The van der Waals surface area contributed by atoms with Crippen molar-refractivity contribution >= 4 is 16.6 Å². The molecule has 0 amide bonds. The summed E-state index contributed by atoms with van der Waals surface area (Å²) in [5.41, 5.74) is 5.48. The highest BCUT2D eigenvalue weighted by atomic mass is 16.3. The van der Waals surface area contributed by atoms with Gasteiger partial charge in [0.2, 0.25) is 0 Å². The molecule has 1 aliphatic carbocycles. The maximum Gasteiger partial charge on any atom is 0.181 e. The molecule has 0 saturated carbocycles. The predicted octanol–water partition coefficient (Wildman–Crippen LogP) is 3.97. The van der Waals surface area contributed by atoms with E-state index in [4.69, 9.17) is 9.68 Å². The Bertz CT molecular complexity index is 1160. The van der Waals surface area contributed by atoms with Gasteiger partial charge in [0, 0.05) is 17.3 Å². The smallest absolute Gasteiger partial charge is 0.181 e. The number of nitrogens with zero attached hydrogens (tertiary/aromatic N) is 4. The van der Waals surface area contributed by atoms with Gasteiger partial charge in [0.15, 0.2) is 12.2 Å². The summed E-state index contributed by atoms with van der Waals surface area (Å²) in [6, 6.07) is 10.3. The van der Waals surface area contributed by atoms with Gasteiger partial charge in [-0.1, -0.05) is 0 Å². The third-order valence-corrected chi connectivity index (χ3v) is 4.97. The molecule has 0 bridgehead atoms. The van der Waals surface area contributed by atoms with Crippen molar-refractivity contribution in [2.45, 2.75) is 25.3 Å². The Morgan fingerprint density at radius 3 is 3.07 bits per heavy atom. The summed E-state index contributed by atoms with van der Waals surface area (Å²) in [6.07, 6.45) is 7.75. The van der Waals surface area contributed by atoms with Crippen molar-refractivity contribution in [3.05, 3.63) is 59.9 Å². The summed E-state index contributed by atoms with van der Waals surface area (Å²) in [6.45, 7) is 0. The molecular formula is C20H16N6O. The number of aryl methyl sites for hydroxylation is 1. The standard InChI is InChI=1S/C20H16N6O/c21-8-12-6-13-2-1-3-17(19(13)23-9-12)24-14-4-5-16-15(7-14)20(26-25-16)18-10-22-11-27-18/h4-7,9-11,17,24H,1-3H2,(H,25,26). The average molecular weight is 356 g/mol. The number of benzene rings is 1. The first-order chi connectivity index (χ1) is 13.3. The van der Waals surface area contributed by atoms with Crippen molar-refractivity contribution < 1.29 is 4.42 Å². The van der Waals surface area contributed by atoms with Gasteiger partial charge >= 0.3 is 0 Å². The van der Waals surface area contributed by atoms with E-state index >= 15 is 0 Å². The second kappa shape index (κ2) is 6.25. The lowest BCUT2D eigenvalue weighted by atomic mass is 9.91. The Morgan fingerprint density at radius 2 is 2.22 bits per heavy atom. The first kappa shape index (κ1) is 15.6. The maximum atomic E-state index is 9.10. The molecule has 7 nitrogen and oxygen atoms in total. The van der Waals surface area contributed by atoms with Gasteiger partial charge in [-0.2, -0.15) is 10.4 Å². The van der Waals surface area contributed by atoms with Crippen LogP contribution in [0.4, 0.5) is 5.69 Å². The molecular weight excluding hydrogens is 340 g/mol. The van der Waals surface area contributed by atoms with Crippen LogP contribution in [0.2, 0.25) is 0 Å².